The molecule has 2 N–H and O–H groups in total. The zero-order valence-corrected chi connectivity index (χ0v) is 12.2. The Morgan fingerprint density at radius 1 is 1.11 bits per heavy atom. The Morgan fingerprint density at radius 2 is 1.89 bits per heavy atom. The van der Waals surface area contributed by atoms with Crippen LogP contribution in [0.5, 0.6) is 0 Å². The van der Waals surface area contributed by atoms with Crippen LogP contribution in [0.2, 0.25) is 0 Å². The molecule has 5 heteroatoms. The average Bonchev–Trinajstić information content (AvgIpc) is 2.35. The summed E-state index contributed by atoms with van der Waals surface area (Å²) in [7, 11) is 1.69. The fourth-order valence-corrected chi connectivity index (χ4v) is 1.78. The number of nitrogen functional groups attached to an aromatic ring is 1. The molecule has 102 valence electrons. The van der Waals surface area contributed by atoms with E-state index in [-0.39, 0.29) is 0 Å². The average molecular weight is 318 g/mol. The molecule has 0 aliphatic heterocycles. The number of hydrogen-bond acceptors (Lipinski definition) is 4. The maximum atomic E-state index is 5.86. The minimum absolute atomic E-state index is 0.514. The molecule has 1 aromatic rings. The van der Waals surface area contributed by atoms with Crippen molar-refractivity contribution in [1.29, 1.82) is 0 Å². The number of benzene rings is 1. The summed E-state index contributed by atoms with van der Waals surface area (Å²) in [5.74, 6) is 0. The number of anilines is 1. The zero-order valence-electron chi connectivity index (χ0n) is 10.7. The van der Waals surface area contributed by atoms with Crippen LogP contribution in [0, 0.1) is 0 Å². The first-order valence-corrected chi connectivity index (χ1v) is 6.71. The topological polar surface area (TPSA) is 53.7 Å². The molecule has 0 aliphatic rings. The second-order valence-corrected chi connectivity index (χ2v) is 4.77. The van der Waals surface area contributed by atoms with E-state index in [0.717, 1.165) is 28.8 Å². The van der Waals surface area contributed by atoms with Crippen LogP contribution in [-0.4, -0.2) is 33.5 Å². The number of methoxy groups -OCH3 is 1. The molecule has 0 heterocycles. The van der Waals surface area contributed by atoms with E-state index in [4.69, 9.17) is 19.9 Å². The van der Waals surface area contributed by atoms with Gasteiger partial charge in [0.05, 0.1) is 19.8 Å². The van der Waals surface area contributed by atoms with Crippen LogP contribution in [0.3, 0.4) is 0 Å². The van der Waals surface area contributed by atoms with Crippen LogP contribution >= 0.6 is 15.9 Å². The van der Waals surface area contributed by atoms with Crippen molar-refractivity contribution in [2.24, 2.45) is 0 Å². The quantitative estimate of drug-likeness (QED) is 0.562. The number of halogens is 1. The van der Waals surface area contributed by atoms with Gasteiger partial charge in [-0.1, -0.05) is 22.0 Å². The monoisotopic (exact) mass is 317 g/mol. The molecule has 4 nitrogen and oxygen atoms in total. The van der Waals surface area contributed by atoms with Crippen LogP contribution < -0.4 is 5.73 Å². The normalized spacial score (nSPS) is 10.8. The predicted molar refractivity (Wildman–Crippen MR) is 75.5 cm³/mol. The summed E-state index contributed by atoms with van der Waals surface area (Å²) in [6.45, 7) is 3.12. The van der Waals surface area contributed by atoms with Gasteiger partial charge in [-0.05, 0) is 18.6 Å². The third kappa shape index (κ3) is 6.35. The summed E-state index contributed by atoms with van der Waals surface area (Å²) >= 11 is 3.37. The van der Waals surface area contributed by atoms with Crippen LogP contribution in [0.15, 0.2) is 22.7 Å². The highest BCUT2D eigenvalue weighted by Crippen LogP contribution is 2.19. The van der Waals surface area contributed by atoms with Crippen molar-refractivity contribution in [3.05, 3.63) is 28.2 Å². The molecule has 0 aromatic heterocycles. The lowest BCUT2D eigenvalue weighted by Gasteiger charge is -2.08. The Hall–Kier alpha value is -0.620. The highest BCUT2D eigenvalue weighted by molar-refractivity contribution is 9.10. The lowest BCUT2D eigenvalue weighted by Crippen LogP contribution is -2.07. The van der Waals surface area contributed by atoms with Crippen LogP contribution in [0.4, 0.5) is 5.69 Å². The Kier molecular flexibility index (Phi) is 8.00. The standard InChI is InChI=1S/C13H20BrNO3/c1-16-5-2-6-17-7-8-18-10-11-3-4-12(14)9-13(11)15/h3-4,9H,2,5-8,10,15H2,1H3. The largest absolute Gasteiger partial charge is 0.398 e. The van der Waals surface area contributed by atoms with E-state index in [1.54, 1.807) is 7.11 Å². The lowest BCUT2D eigenvalue weighted by atomic mass is 10.2. The Bertz CT molecular complexity index is 347. The van der Waals surface area contributed by atoms with Gasteiger partial charge < -0.3 is 19.9 Å². The van der Waals surface area contributed by atoms with E-state index >= 15 is 0 Å². The van der Waals surface area contributed by atoms with Crippen molar-refractivity contribution in [3.63, 3.8) is 0 Å². The van der Waals surface area contributed by atoms with E-state index in [1.807, 2.05) is 18.2 Å². The molecular formula is C13H20BrNO3. The maximum Gasteiger partial charge on any atom is 0.0738 e. The van der Waals surface area contributed by atoms with Crippen molar-refractivity contribution in [2.45, 2.75) is 13.0 Å². The molecule has 0 saturated carbocycles. The molecular weight excluding hydrogens is 298 g/mol. The molecule has 1 aromatic carbocycles. The van der Waals surface area contributed by atoms with Crippen molar-refractivity contribution in [3.8, 4) is 0 Å². The Morgan fingerprint density at radius 3 is 2.61 bits per heavy atom. The highest BCUT2D eigenvalue weighted by atomic mass is 79.9. The number of rotatable bonds is 9. The third-order valence-electron chi connectivity index (χ3n) is 2.37. The van der Waals surface area contributed by atoms with Gasteiger partial charge in [-0.2, -0.15) is 0 Å². The van der Waals surface area contributed by atoms with E-state index < -0.39 is 0 Å². The Balaban J connectivity index is 2.07. The fraction of sp³-hybridized carbons (Fsp3) is 0.538. The molecule has 0 spiro atoms. The van der Waals surface area contributed by atoms with Crippen LogP contribution in [0.1, 0.15) is 12.0 Å². The van der Waals surface area contributed by atoms with Crippen molar-refractivity contribution in [1.82, 2.24) is 0 Å². The van der Waals surface area contributed by atoms with Crippen molar-refractivity contribution < 1.29 is 14.2 Å². The fourth-order valence-electron chi connectivity index (χ4n) is 1.40. The smallest absolute Gasteiger partial charge is 0.0738 e. The first-order valence-electron chi connectivity index (χ1n) is 5.92. The summed E-state index contributed by atoms with van der Waals surface area (Å²) in [4.78, 5) is 0. The Labute approximate surface area is 117 Å². The second-order valence-electron chi connectivity index (χ2n) is 3.85. The zero-order chi connectivity index (χ0) is 13.2. The highest BCUT2D eigenvalue weighted by Gasteiger charge is 2.00. The van der Waals surface area contributed by atoms with Gasteiger partial charge in [0, 0.05) is 36.0 Å². The first-order chi connectivity index (χ1) is 8.74. The summed E-state index contributed by atoms with van der Waals surface area (Å²) in [6.07, 6.45) is 0.913. The molecule has 0 aliphatic carbocycles. The molecule has 0 saturated heterocycles. The van der Waals surface area contributed by atoms with Gasteiger partial charge in [0.15, 0.2) is 0 Å². The molecule has 0 unspecified atom stereocenters. The van der Waals surface area contributed by atoms with Crippen LogP contribution in [0.25, 0.3) is 0 Å². The third-order valence-corrected chi connectivity index (χ3v) is 2.87. The minimum atomic E-state index is 0.514. The van der Waals surface area contributed by atoms with E-state index in [9.17, 15) is 0 Å². The van der Waals surface area contributed by atoms with Gasteiger partial charge in [0.1, 0.15) is 0 Å². The molecule has 0 atom stereocenters. The number of hydrogen-bond donors (Lipinski definition) is 1. The summed E-state index contributed by atoms with van der Waals surface area (Å²) in [6, 6.07) is 5.79. The maximum absolute atomic E-state index is 5.86. The molecule has 0 fully saturated rings. The van der Waals surface area contributed by atoms with Crippen LogP contribution in [-0.2, 0) is 20.8 Å². The van der Waals surface area contributed by atoms with E-state index in [1.165, 1.54) is 0 Å². The number of nitrogens with two attached hydrogens (primary N) is 1. The van der Waals surface area contributed by atoms with E-state index in [2.05, 4.69) is 15.9 Å². The van der Waals surface area contributed by atoms with Gasteiger partial charge in [0.2, 0.25) is 0 Å². The minimum Gasteiger partial charge on any atom is -0.398 e. The summed E-state index contributed by atoms with van der Waals surface area (Å²) in [5.41, 5.74) is 7.60. The number of ether oxygens (including phenoxy) is 3. The van der Waals surface area contributed by atoms with Crippen molar-refractivity contribution >= 4 is 21.6 Å². The van der Waals surface area contributed by atoms with Gasteiger partial charge in [0.25, 0.3) is 0 Å². The van der Waals surface area contributed by atoms with Crippen molar-refractivity contribution in [2.75, 3.05) is 39.3 Å². The van der Waals surface area contributed by atoms with E-state index in [0.29, 0.717) is 26.4 Å². The predicted octanol–water partition coefficient (Wildman–Crippen LogP) is 2.60. The van der Waals surface area contributed by atoms with Gasteiger partial charge in [-0.15, -0.1) is 0 Å². The molecule has 1 rings (SSSR count). The summed E-state index contributed by atoms with van der Waals surface area (Å²) in [5, 5.41) is 0. The van der Waals surface area contributed by atoms with Gasteiger partial charge in [-0.3, -0.25) is 0 Å². The molecule has 0 amide bonds. The lowest BCUT2D eigenvalue weighted by molar-refractivity contribution is 0.0338. The second kappa shape index (κ2) is 9.33. The van der Waals surface area contributed by atoms with Gasteiger partial charge >= 0.3 is 0 Å². The molecule has 18 heavy (non-hydrogen) atoms. The van der Waals surface area contributed by atoms with Gasteiger partial charge in [-0.25, -0.2) is 0 Å². The SMILES string of the molecule is COCCCOCCOCc1ccc(Br)cc1N. The molecule has 0 bridgehead atoms. The molecule has 0 radical (unpaired) electrons. The first kappa shape index (κ1) is 15.4. The summed E-state index contributed by atoms with van der Waals surface area (Å²) < 4.78 is 16.8.